The third-order valence-electron chi connectivity index (χ3n) is 4.76. The van der Waals surface area contributed by atoms with E-state index in [4.69, 9.17) is 4.74 Å². The standard InChI is InChI=1S/C21H24F2N2O5S2/c1-3-29-18-14-16(5-7-17(18)30-21(22)23)6-8-19(26)24-10-12-25(13-11-24)32(27,28)20-9-4-15(2)31-20/h4-9,14,21H,3,10-13H2,1-2H3/b8-6+. The zero-order chi connectivity index (χ0) is 23.3. The Hall–Kier alpha value is -2.50. The van der Waals surface area contributed by atoms with Gasteiger partial charge >= 0.3 is 6.61 Å². The summed E-state index contributed by atoms with van der Waals surface area (Å²) in [6.07, 6.45) is 2.92. The average Bonchev–Trinajstić information content (AvgIpc) is 3.21. The third kappa shape index (κ3) is 5.84. The number of hydrogen-bond acceptors (Lipinski definition) is 6. The van der Waals surface area contributed by atoms with Crippen LogP contribution in [0.15, 0.2) is 40.6 Å². The number of rotatable bonds is 8. The van der Waals surface area contributed by atoms with Crippen molar-refractivity contribution in [2.45, 2.75) is 24.7 Å². The molecule has 3 rings (SSSR count). The zero-order valence-corrected chi connectivity index (χ0v) is 19.3. The predicted octanol–water partition coefficient (Wildman–Crippen LogP) is 3.60. The fourth-order valence-corrected chi connectivity index (χ4v) is 6.05. The quantitative estimate of drug-likeness (QED) is 0.533. The van der Waals surface area contributed by atoms with Gasteiger partial charge in [-0.05, 0) is 49.8 Å². The Labute approximate surface area is 189 Å². The Bertz CT molecular complexity index is 1080. The SMILES string of the molecule is CCOc1cc(/C=C/C(=O)N2CCN(S(=O)(=O)c3ccc(C)s3)CC2)ccc1OC(F)F. The topological polar surface area (TPSA) is 76.2 Å². The number of carbonyl (C=O) groups is 1. The van der Waals surface area contributed by atoms with E-state index < -0.39 is 16.6 Å². The second kappa shape index (κ2) is 10.4. The van der Waals surface area contributed by atoms with E-state index in [1.54, 1.807) is 30.0 Å². The summed E-state index contributed by atoms with van der Waals surface area (Å²) in [5.74, 6) is -0.187. The van der Waals surface area contributed by atoms with E-state index >= 15 is 0 Å². The molecule has 32 heavy (non-hydrogen) atoms. The molecule has 7 nitrogen and oxygen atoms in total. The van der Waals surface area contributed by atoms with Gasteiger partial charge in [0.1, 0.15) is 4.21 Å². The highest BCUT2D eigenvalue weighted by molar-refractivity contribution is 7.91. The molecule has 1 amide bonds. The number of halogens is 2. The third-order valence-corrected chi connectivity index (χ3v) is 8.13. The Morgan fingerprint density at radius 1 is 1.16 bits per heavy atom. The Morgan fingerprint density at radius 3 is 2.47 bits per heavy atom. The van der Waals surface area contributed by atoms with Crippen LogP contribution in [0, 0.1) is 6.92 Å². The minimum atomic E-state index is -3.55. The molecule has 1 fully saturated rings. The van der Waals surface area contributed by atoms with Crippen molar-refractivity contribution in [3.63, 3.8) is 0 Å². The molecular weight excluding hydrogens is 462 g/mol. The van der Waals surface area contributed by atoms with E-state index in [1.165, 1.54) is 39.9 Å². The van der Waals surface area contributed by atoms with Gasteiger partial charge in [-0.3, -0.25) is 4.79 Å². The fraction of sp³-hybridized carbons (Fsp3) is 0.381. The van der Waals surface area contributed by atoms with Crippen molar-refractivity contribution in [3.05, 3.63) is 46.8 Å². The van der Waals surface area contributed by atoms with Crippen molar-refractivity contribution in [2.24, 2.45) is 0 Å². The number of thiophene rings is 1. The lowest BCUT2D eigenvalue weighted by molar-refractivity contribution is -0.127. The van der Waals surface area contributed by atoms with Gasteiger partial charge in [-0.25, -0.2) is 8.42 Å². The average molecular weight is 487 g/mol. The summed E-state index contributed by atoms with van der Waals surface area (Å²) in [5.41, 5.74) is 0.581. The first-order valence-electron chi connectivity index (χ1n) is 9.96. The first-order valence-corrected chi connectivity index (χ1v) is 12.2. The van der Waals surface area contributed by atoms with Gasteiger partial charge < -0.3 is 14.4 Å². The molecule has 0 N–H and O–H groups in total. The van der Waals surface area contributed by atoms with E-state index in [-0.39, 0.29) is 50.2 Å². The van der Waals surface area contributed by atoms with Crippen molar-refractivity contribution < 1.29 is 31.5 Å². The summed E-state index contributed by atoms with van der Waals surface area (Å²) in [7, 11) is -3.55. The molecule has 0 unspecified atom stereocenters. The zero-order valence-electron chi connectivity index (χ0n) is 17.7. The maximum Gasteiger partial charge on any atom is 0.387 e. The van der Waals surface area contributed by atoms with E-state index in [0.717, 1.165) is 4.88 Å². The molecule has 1 aliphatic rings. The summed E-state index contributed by atoms with van der Waals surface area (Å²) in [5, 5.41) is 0. The molecular formula is C21H24F2N2O5S2. The van der Waals surface area contributed by atoms with Gasteiger partial charge in [-0.1, -0.05) is 6.07 Å². The number of ether oxygens (including phenoxy) is 2. The highest BCUT2D eigenvalue weighted by Crippen LogP contribution is 2.30. The lowest BCUT2D eigenvalue weighted by Gasteiger charge is -2.33. The van der Waals surface area contributed by atoms with Crippen LogP contribution in [-0.2, 0) is 14.8 Å². The van der Waals surface area contributed by atoms with E-state index in [9.17, 15) is 22.0 Å². The maximum atomic E-state index is 12.7. The van der Waals surface area contributed by atoms with E-state index in [0.29, 0.717) is 9.77 Å². The summed E-state index contributed by atoms with van der Waals surface area (Å²) >= 11 is 1.23. The Morgan fingerprint density at radius 2 is 1.88 bits per heavy atom. The Kier molecular flexibility index (Phi) is 7.86. The molecule has 2 heterocycles. The molecule has 1 saturated heterocycles. The number of alkyl halides is 2. The van der Waals surface area contributed by atoms with Gasteiger partial charge in [0.25, 0.3) is 10.0 Å². The number of carbonyl (C=O) groups excluding carboxylic acids is 1. The molecule has 0 bridgehead atoms. The van der Waals surface area contributed by atoms with Crippen LogP contribution < -0.4 is 9.47 Å². The normalized spacial score (nSPS) is 15.5. The maximum absolute atomic E-state index is 12.7. The van der Waals surface area contributed by atoms with Crippen molar-refractivity contribution in [3.8, 4) is 11.5 Å². The predicted molar refractivity (Wildman–Crippen MR) is 118 cm³/mol. The number of sulfonamides is 1. The van der Waals surface area contributed by atoms with Crippen LogP contribution in [0.5, 0.6) is 11.5 Å². The highest BCUT2D eigenvalue weighted by atomic mass is 32.2. The molecule has 0 spiro atoms. The van der Waals surface area contributed by atoms with Crippen LogP contribution in [-0.4, -0.2) is 62.9 Å². The smallest absolute Gasteiger partial charge is 0.387 e. The largest absolute Gasteiger partial charge is 0.490 e. The van der Waals surface area contributed by atoms with Crippen LogP contribution in [0.4, 0.5) is 8.78 Å². The molecule has 1 aromatic carbocycles. The number of benzene rings is 1. The van der Waals surface area contributed by atoms with Crippen LogP contribution >= 0.6 is 11.3 Å². The van der Waals surface area contributed by atoms with Crippen LogP contribution in [0.25, 0.3) is 6.08 Å². The van der Waals surface area contributed by atoms with Crippen molar-refractivity contribution in [1.82, 2.24) is 9.21 Å². The van der Waals surface area contributed by atoms with Gasteiger partial charge in [0.05, 0.1) is 6.61 Å². The monoisotopic (exact) mass is 486 g/mol. The van der Waals surface area contributed by atoms with Gasteiger partial charge in [-0.2, -0.15) is 13.1 Å². The fourth-order valence-electron chi connectivity index (χ4n) is 3.19. The van der Waals surface area contributed by atoms with Crippen LogP contribution in [0.1, 0.15) is 17.4 Å². The highest BCUT2D eigenvalue weighted by Gasteiger charge is 2.30. The van der Waals surface area contributed by atoms with Crippen molar-refractivity contribution in [2.75, 3.05) is 32.8 Å². The molecule has 0 atom stereocenters. The molecule has 11 heteroatoms. The molecule has 2 aromatic rings. The van der Waals surface area contributed by atoms with Gasteiger partial charge in [-0.15, -0.1) is 11.3 Å². The number of nitrogens with zero attached hydrogens (tertiary/aromatic N) is 2. The number of amides is 1. The van der Waals surface area contributed by atoms with E-state index in [2.05, 4.69) is 4.74 Å². The lowest BCUT2D eigenvalue weighted by Crippen LogP contribution is -2.50. The van der Waals surface area contributed by atoms with E-state index in [1.807, 2.05) is 6.92 Å². The molecule has 0 saturated carbocycles. The summed E-state index contributed by atoms with van der Waals surface area (Å²) in [4.78, 5) is 15.0. The second-order valence-electron chi connectivity index (χ2n) is 6.95. The molecule has 0 radical (unpaired) electrons. The summed E-state index contributed by atoms with van der Waals surface area (Å²) in [6, 6.07) is 7.78. The molecule has 1 aromatic heterocycles. The van der Waals surface area contributed by atoms with Gasteiger partial charge in [0, 0.05) is 37.1 Å². The molecule has 1 aliphatic heterocycles. The minimum absolute atomic E-state index is 0.0800. The minimum Gasteiger partial charge on any atom is -0.490 e. The Balaban J connectivity index is 1.61. The number of aryl methyl sites for hydroxylation is 1. The van der Waals surface area contributed by atoms with Crippen LogP contribution in [0.3, 0.4) is 0 Å². The number of piperazine rings is 1. The molecule has 0 aliphatic carbocycles. The second-order valence-corrected chi connectivity index (χ2v) is 10.4. The molecule has 174 valence electrons. The number of hydrogen-bond donors (Lipinski definition) is 0. The summed E-state index contributed by atoms with van der Waals surface area (Å²) < 4.78 is 61.9. The van der Waals surface area contributed by atoms with Gasteiger partial charge in [0.2, 0.25) is 5.91 Å². The first kappa shape index (κ1) is 24.1. The van der Waals surface area contributed by atoms with Crippen molar-refractivity contribution >= 4 is 33.3 Å². The van der Waals surface area contributed by atoms with Crippen LogP contribution in [0.2, 0.25) is 0 Å². The van der Waals surface area contributed by atoms with Crippen molar-refractivity contribution in [1.29, 1.82) is 0 Å². The first-order chi connectivity index (χ1) is 15.2. The lowest BCUT2D eigenvalue weighted by atomic mass is 10.2. The van der Waals surface area contributed by atoms with Gasteiger partial charge in [0.15, 0.2) is 11.5 Å². The summed E-state index contributed by atoms with van der Waals surface area (Å²) in [6.45, 7) is 1.85.